The first-order chi connectivity index (χ1) is 12.4. The number of rotatable bonds is 5. The molecule has 1 unspecified atom stereocenters. The van der Waals surface area contributed by atoms with Crippen molar-refractivity contribution in [1.82, 2.24) is 0 Å². The predicted molar refractivity (Wildman–Crippen MR) is 94.7 cm³/mol. The molecule has 2 aromatic carbocycles. The lowest BCUT2D eigenvalue weighted by Crippen LogP contribution is -2.13. The first-order valence-electron chi connectivity index (χ1n) is 8.01. The molecule has 0 saturated heterocycles. The zero-order valence-corrected chi connectivity index (χ0v) is 15.3. The first kappa shape index (κ1) is 17.3. The fraction of sp³-hybridized carbons (Fsp3) is 0.222. The molecule has 0 amide bonds. The molecule has 2 aliphatic rings. The molecule has 1 atom stereocenters. The van der Waals surface area contributed by atoms with Crippen LogP contribution in [-0.4, -0.2) is 35.8 Å². The van der Waals surface area contributed by atoms with Gasteiger partial charge in [0, 0.05) is 11.6 Å². The molecule has 136 valence electrons. The van der Waals surface area contributed by atoms with Gasteiger partial charge >= 0.3 is 0 Å². The largest absolute Gasteiger partial charge is 0.480 e. The highest BCUT2D eigenvalue weighted by atomic mass is 32.2. The molecule has 8 heteroatoms. The van der Waals surface area contributed by atoms with Gasteiger partial charge in [0.25, 0.3) is 0 Å². The van der Waals surface area contributed by atoms with Crippen LogP contribution in [0.3, 0.4) is 0 Å². The molecule has 0 radical (unpaired) electrons. The Kier molecular flexibility index (Phi) is 4.13. The van der Waals surface area contributed by atoms with Crippen molar-refractivity contribution in [2.24, 2.45) is 0 Å². The van der Waals surface area contributed by atoms with E-state index in [1.807, 2.05) is 0 Å². The molecule has 2 aromatic rings. The van der Waals surface area contributed by atoms with Gasteiger partial charge in [0.15, 0.2) is 9.84 Å². The third-order valence-corrected chi connectivity index (χ3v) is 7.86. The Morgan fingerprint density at radius 1 is 0.885 bits per heavy atom. The lowest BCUT2D eigenvalue weighted by molar-refractivity contribution is 0.0354. The van der Waals surface area contributed by atoms with Crippen molar-refractivity contribution in [3.63, 3.8) is 0 Å². The molecule has 0 aromatic heterocycles. The molecule has 2 aliphatic heterocycles. The molecule has 6 nitrogen and oxygen atoms in total. The normalized spacial score (nSPS) is 21.7. The van der Waals surface area contributed by atoms with Crippen LogP contribution in [-0.2, 0) is 29.1 Å². The summed E-state index contributed by atoms with van der Waals surface area (Å²) in [4.78, 5) is 0.522. The summed E-state index contributed by atoms with van der Waals surface area (Å²) in [7, 11) is -6.96. The molecule has 0 N–H and O–H groups in total. The molecule has 0 saturated carbocycles. The standard InChI is InChI=1S/C18H16O6S2/c19-25(20)12-15(14-6-2-4-8-17(14)25)23-9-10-24-18-11-13-5-1-3-7-16(13)26(18,21)22/h1-8,11,15H,9-10,12H2. The summed E-state index contributed by atoms with van der Waals surface area (Å²) in [6, 6.07) is 13.4. The van der Waals surface area contributed by atoms with Gasteiger partial charge in [-0.3, -0.25) is 0 Å². The maximum Gasteiger partial charge on any atom is 0.239 e. The van der Waals surface area contributed by atoms with Crippen LogP contribution in [0.4, 0.5) is 0 Å². The number of sulfone groups is 2. The van der Waals surface area contributed by atoms with E-state index in [1.165, 1.54) is 12.1 Å². The van der Waals surface area contributed by atoms with E-state index in [0.717, 1.165) is 0 Å². The summed E-state index contributed by atoms with van der Waals surface area (Å²) in [5, 5.41) is -0.109. The van der Waals surface area contributed by atoms with E-state index in [4.69, 9.17) is 9.47 Å². The Morgan fingerprint density at radius 3 is 2.35 bits per heavy atom. The summed E-state index contributed by atoms with van der Waals surface area (Å²) >= 11 is 0. The van der Waals surface area contributed by atoms with Crippen molar-refractivity contribution in [3.8, 4) is 0 Å². The van der Waals surface area contributed by atoms with Crippen LogP contribution in [0, 0.1) is 0 Å². The number of fused-ring (bicyclic) bond motifs is 2. The Hall–Kier alpha value is -2.16. The quantitative estimate of drug-likeness (QED) is 0.726. The number of ether oxygens (including phenoxy) is 2. The molecule has 0 bridgehead atoms. The van der Waals surface area contributed by atoms with E-state index in [0.29, 0.717) is 16.0 Å². The van der Waals surface area contributed by atoms with Gasteiger partial charge in [0.05, 0.1) is 28.3 Å². The Morgan fingerprint density at radius 2 is 1.58 bits per heavy atom. The topological polar surface area (TPSA) is 86.7 Å². The van der Waals surface area contributed by atoms with E-state index >= 15 is 0 Å². The average molecular weight is 392 g/mol. The second kappa shape index (κ2) is 6.22. The van der Waals surface area contributed by atoms with Crippen molar-refractivity contribution in [2.45, 2.75) is 15.9 Å². The predicted octanol–water partition coefficient (Wildman–Crippen LogP) is 2.33. The van der Waals surface area contributed by atoms with Gasteiger partial charge in [0.2, 0.25) is 14.9 Å². The number of hydrogen-bond acceptors (Lipinski definition) is 6. The zero-order valence-electron chi connectivity index (χ0n) is 13.7. The third-order valence-electron chi connectivity index (χ3n) is 4.37. The van der Waals surface area contributed by atoms with Gasteiger partial charge in [-0.15, -0.1) is 0 Å². The van der Waals surface area contributed by atoms with Gasteiger partial charge in [-0.2, -0.15) is 0 Å². The lowest BCUT2D eigenvalue weighted by Gasteiger charge is -2.12. The van der Waals surface area contributed by atoms with Gasteiger partial charge in [-0.1, -0.05) is 36.4 Å². The number of hydrogen-bond donors (Lipinski definition) is 0. The second-order valence-electron chi connectivity index (χ2n) is 6.03. The summed E-state index contributed by atoms with van der Waals surface area (Å²) in [5.41, 5.74) is 1.23. The summed E-state index contributed by atoms with van der Waals surface area (Å²) in [6.07, 6.45) is 0.922. The summed E-state index contributed by atoms with van der Waals surface area (Å²) in [6.45, 7) is 0.0928. The van der Waals surface area contributed by atoms with Gasteiger partial charge < -0.3 is 9.47 Å². The van der Waals surface area contributed by atoms with Gasteiger partial charge in [-0.05, 0) is 17.7 Å². The smallest absolute Gasteiger partial charge is 0.239 e. The minimum atomic E-state index is -3.63. The molecular formula is C18H16O6S2. The Labute approximate surface area is 151 Å². The minimum absolute atomic E-state index is 0.0117. The van der Waals surface area contributed by atoms with Crippen molar-refractivity contribution in [3.05, 3.63) is 64.7 Å². The fourth-order valence-corrected chi connectivity index (χ4v) is 6.29. The van der Waals surface area contributed by atoms with Crippen molar-refractivity contribution < 1.29 is 26.3 Å². The van der Waals surface area contributed by atoms with Gasteiger partial charge in [0.1, 0.15) is 6.61 Å². The van der Waals surface area contributed by atoms with Gasteiger partial charge in [-0.25, -0.2) is 16.8 Å². The van der Waals surface area contributed by atoms with E-state index < -0.39 is 25.8 Å². The molecule has 4 rings (SSSR count). The van der Waals surface area contributed by atoms with E-state index in [-0.39, 0.29) is 29.0 Å². The van der Waals surface area contributed by atoms with Crippen molar-refractivity contribution in [1.29, 1.82) is 0 Å². The highest BCUT2D eigenvalue weighted by molar-refractivity contribution is 7.95. The third kappa shape index (κ3) is 2.84. The summed E-state index contributed by atoms with van der Waals surface area (Å²) < 4.78 is 60.0. The Balaban J connectivity index is 1.39. The van der Waals surface area contributed by atoms with Crippen LogP contribution in [0.5, 0.6) is 0 Å². The highest BCUT2D eigenvalue weighted by Gasteiger charge is 2.35. The van der Waals surface area contributed by atoms with Crippen molar-refractivity contribution in [2.75, 3.05) is 19.0 Å². The molecule has 2 heterocycles. The maximum absolute atomic E-state index is 12.4. The molecule has 26 heavy (non-hydrogen) atoms. The molecule has 0 aliphatic carbocycles. The van der Waals surface area contributed by atoms with Crippen LogP contribution in [0.25, 0.3) is 6.08 Å². The molecular weight excluding hydrogens is 376 g/mol. The van der Waals surface area contributed by atoms with Crippen LogP contribution < -0.4 is 0 Å². The monoisotopic (exact) mass is 392 g/mol. The zero-order chi connectivity index (χ0) is 18.4. The van der Waals surface area contributed by atoms with Crippen LogP contribution in [0.15, 0.2) is 63.4 Å². The minimum Gasteiger partial charge on any atom is -0.480 e. The highest BCUT2D eigenvalue weighted by Crippen LogP contribution is 2.36. The first-order valence-corrected chi connectivity index (χ1v) is 11.1. The lowest BCUT2D eigenvalue weighted by atomic mass is 10.1. The van der Waals surface area contributed by atoms with Crippen LogP contribution in [0.1, 0.15) is 17.2 Å². The van der Waals surface area contributed by atoms with Crippen LogP contribution >= 0.6 is 0 Å². The van der Waals surface area contributed by atoms with E-state index in [2.05, 4.69) is 0 Å². The average Bonchev–Trinajstić information content (AvgIpc) is 3.03. The summed E-state index contributed by atoms with van der Waals surface area (Å²) in [5.74, 6) is -0.112. The SMILES string of the molecule is O=S1(=O)CC(OCCOC2=Cc3ccccc3S2(=O)=O)c2ccccc21. The molecule has 0 fully saturated rings. The van der Waals surface area contributed by atoms with E-state index in [1.54, 1.807) is 42.5 Å². The Bertz CT molecular complexity index is 1100. The number of benzene rings is 2. The second-order valence-corrected chi connectivity index (χ2v) is 9.88. The van der Waals surface area contributed by atoms with Crippen LogP contribution in [0.2, 0.25) is 0 Å². The van der Waals surface area contributed by atoms with E-state index in [9.17, 15) is 16.8 Å². The molecule has 0 spiro atoms. The van der Waals surface area contributed by atoms with Crippen molar-refractivity contribution >= 4 is 25.8 Å². The fourth-order valence-electron chi connectivity index (χ4n) is 3.16. The maximum atomic E-state index is 12.4.